The van der Waals surface area contributed by atoms with Gasteiger partial charge in [0, 0.05) is 12.3 Å². The molecule has 0 radical (unpaired) electrons. The topological polar surface area (TPSA) is 158 Å². The molecule has 2 aromatic heterocycles. The molecule has 1 saturated heterocycles. The molecule has 3 heterocycles. The SMILES string of the molecule is CCOC(=O)C(OC[C@H]1O[C@@H](n2cnc3c(N)nc(Cl)nc32)[C@H](OC(C)=O)[C@@]1(C)CC)C(C)=O. The van der Waals surface area contributed by atoms with E-state index in [1.54, 1.807) is 11.5 Å². The molecule has 0 amide bonds. The molecule has 3 rings (SSSR count). The number of rotatable bonds is 9. The molecule has 0 bridgehead atoms. The van der Waals surface area contributed by atoms with Gasteiger partial charge < -0.3 is 24.7 Å². The number of carbonyl (C=O) groups is 3. The third kappa shape index (κ3) is 4.84. The number of halogens is 1. The lowest BCUT2D eigenvalue weighted by Gasteiger charge is -2.33. The summed E-state index contributed by atoms with van der Waals surface area (Å²) in [5, 5.41) is -0.0781. The van der Waals surface area contributed by atoms with Crippen LogP contribution in [0.1, 0.15) is 47.3 Å². The molecule has 12 nitrogen and oxygen atoms in total. The summed E-state index contributed by atoms with van der Waals surface area (Å²) in [5.41, 5.74) is 5.77. The highest BCUT2D eigenvalue weighted by Crippen LogP contribution is 2.48. The fourth-order valence-corrected chi connectivity index (χ4v) is 4.17. The van der Waals surface area contributed by atoms with Crippen molar-refractivity contribution in [1.82, 2.24) is 19.5 Å². The minimum absolute atomic E-state index is 0.0781. The van der Waals surface area contributed by atoms with Crippen LogP contribution in [0.4, 0.5) is 5.82 Å². The number of nitrogens with two attached hydrogens (primary N) is 1. The Morgan fingerprint density at radius 2 is 2.00 bits per heavy atom. The van der Waals surface area contributed by atoms with E-state index in [9.17, 15) is 14.4 Å². The highest BCUT2D eigenvalue weighted by atomic mass is 35.5. The molecule has 0 aliphatic carbocycles. The van der Waals surface area contributed by atoms with Crippen LogP contribution in [0.15, 0.2) is 6.33 Å². The quantitative estimate of drug-likeness (QED) is 0.306. The summed E-state index contributed by atoms with van der Waals surface area (Å²) in [6.45, 7) is 7.93. The number of Topliss-reactive ketones (excluding diaryl/α,β-unsaturated/α-hetero) is 1. The van der Waals surface area contributed by atoms with Gasteiger partial charge in [-0.15, -0.1) is 0 Å². The van der Waals surface area contributed by atoms with Gasteiger partial charge in [0.2, 0.25) is 11.4 Å². The zero-order valence-corrected chi connectivity index (χ0v) is 20.4. The van der Waals surface area contributed by atoms with Gasteiger partial charge in [0.05, 0.1) is 25.6 Å². The second-order valence-corrected chi connectivity index (χ2v) is 8.52. The summed E-state index contributed by atoms with van der Waals surface area (Å²) in [7, 11) is 0. The molecule has 1 unspecified atom stereocenters. The highest BCUT2D eigenvalue weighted by molar-refractivity contribution is 6.28. The Balaban J connectivity index is 1.98. The molecule has 1 aliphatic heterocycles. The van der Waals surface area contributed by atoms with Gasteiger partial charge in [0.25, 0.3) is 0 Å². The maximum atomic E-state index is 12.2. The average molecular weight is 498 g/mol. The number of anilines is 1. The number of imidazole rings is 1. The van der Waals surface area contributed by atoms with Crippen molar-refractivity contribution in [3.63, 3.8) is 0 Å². The van der Waals surface area contributed by atoms with E-state index in [4.69, 9.17) is 36.3 Å². The van der Waals surface area contributed by atoms with Gasteiger partial charge in [-0.1, -0.05) is 13.8 Å². The van der Waals surface area contributed by atoms with Crippen LogP contribution in [0.5, 0.6) is 0 Å². The lowest BCUT2D eigenvalue weighted by molar-refractivity contribution is -0.165. The largest absolute Gasteiger partial charge is 0.464 e. The van der Waals surface area contributed by atoms with E-state index in [2.05, 4.69) is 15.0 Å². The second-order valence-electron chi connectivity index (χ2n) is 8.18. The van der Waals surface area contributed by atoms with Crippen molar-refractivity contribution < 1.29 is 33.3 Å². The molecular weight excluding hydrogens is 470 g/mol. The van der Waals surface area contributed by atoms with Crippen LogP contribution in [0.25, 0.3) is 11.2 Å². The van der Waals surface area contributed by atoms with Gasteiger partial charge in [-0.3, -0.25) is 14.2 Å². The zero-order chi connectivity index (χ0) is 25.2. The minimum Gasteiger partial charge on any atom is -0.464 e. The third-order valence-corrected chi connectivity index (χ3v) is 6.15. The smallest absolute Gasteiger partial charge is 0.343 e. The molecule has 186 valence electrons. The van der Waals surface area contributed by atoms with Crippen LogP contribution in [0.2, 0.25) is 5.28 Å². The number of nitrogens with zero attached hydrogens (tertiary/aromatic N) is 4. The van der Waals surface area contributed by atoms with Crippen molar-refractivity contribution in [2.75, 3.05) is 18.9 Å². The fraction of sp³-hybridized carbons (Fsp3) is 0.619. The zero-order valence-electron chi connectivity index (χ0n) is 19.6. The first kappa shape index (κ1) is 25.8. The van der Waals surface area contributed by atoms with E-state index < -0.39 is 47.7 Å². The Kier molecular flexibility index (Phi) is 7.74. The normalized spacial score (nSPS) is 25.3. The van der Waals surface area contributed by atoms with Crippen molar-refractivity contribution >= 4 is 46.3 Å². The van der Waals surface area contributed by atoms with Crippen LogP contribution < -0.4 is 5.73 Å². The van der Waals surface area contributed by atoms with Gasteiger partial charge in [0.1, 0.15) is 5.52 Å². The molecule has 1 fully saturated rings. The minimum atomic E-state index is -1.39. The Bertz CT molecular complexity index is 1090. The first-order valence-electron chi connectivity index (χ1n) is 10.8. The fourth-order valence-electron chi connectivity index (χ4n) is 4.00. The number of hydrogen-bond donors (Lipinski definition) is 1. The molecule has 0 saturated carbocycles. The standard InChI is InChI=1S/C21H28ClN5O7/c1-6-21(5)12(8-32-14(10(3)28)19(30)31-7-2)34-18(15(21)33-11(4)29)27-9-24-13-16(23)25-20(22)26-17(13)27/h9,12,14-15,18H,6-8H2,1-5H3,(H2,23,25,26)/t12-,14?,15+,18-,21+/m1/s1. The molecular formula is C21H28ClN5O7. The summed E-state index contributed by atoms with van der Waals surface area (Å²) < 4.78 is 24.2. The van der Waals surface area contributed by atoms with Gasteiger partial charge >= 0.3 is 11.9 Å². The summed E-state index contributed by atoms with van der Waals surface area (Å²) >= 11 is 6.00. The Morgan fingerprint density at radius 3 is 2.59 bits per heavy atom. The first-order valence-corrected chi connectivity index (χ1v) is 11.2. The maximum absolute atomic E-state index is 12.2. The molecule has 13 heteroatoms. The predicted octanol–water partition coefficient (Wildman–Crippen LogP) is 1.84. The lowest BCUT2D eigenvalue weighted by Crippen LogP contribution is -2.43. The first-order chi connectivity index (χ1) is 16.0. The van der Waals surface area contributed by atoms with Crippen molar-refractivity contribution in [3.8, 4) is 0 Å². The Hall–Kier alpha value is -2.83. The van der Waals surface area contributed by atoms with Crippen LogP contribution in [-0.2, 0) is 33.3 Å². The van der Waals surface area contributed by atoms with Crippen LogP contribution in [0.3, 0.4) is 0 Å². The van der Waals surface area contributed by atoms with Crippen LogP contribution >= 0.6 is 11.6 Å². The van der Waals surface area contributed by atoms with Gasteiger partial charge in [-0.2, -0.15) is 9.97 Å². The molecule has 2 N–H and O–H groups in total. The molecule has 2 aromatic rings. The van der Waals surface area contributed by atoms with Gasteiger partial charge in [-0.05, 0) is 31.9 Å². The number of fused-ring (bicyclic) bond motifs is 1. The van der Waals surface area contributed by atoms with E-state index in [1.807, 2.05) is 13.8 Å². The molecule has 1 aliphatic rings. The highest BCUT2D eigenvalue weighted by Gasteiger charge is 2.56. The molecule has 34 heavy (non-hydrogen) atoms. The predicted molar refractivity (Wildman–Crippen MR) is 120 cm³/mol. The van der Waals surface area contributed by atoms with E-state index in [1.165, 1.54) is 20.2 Å². The Morgan fingerprint density at radius 1 is 1.29 bits per heavy atom. The average Bonchev–Trinajstić information content (AvgIpc) is 3.28. The van der Waals surface area contributed by atoms with E-state index in [0.29, 0.717) is 17.6 Å². The summed E-state index contributed by atoms with van der Waals surface area (Å²) in [5.74, 6) is -1.69. The van der Waals surface area contributed by atoms with Crippen molar-refractivity contribution in [2.45, 2.75) is 65.6 Å². The van der Waals surface area contributed by atoms with E-state index in [-0.39, 0.29) is 24.3 Å². The molecule has 0 aromatic carbocycles. The third-order valence-electron chi connectivity index (χ3n) is 5.98. The summed E-state index contributed by atoms with van der Waals surface area (Å²) in [4.78, 5) is 48.5. The van der Waals surface area contributed by atoms with Crippen molar-refractivity contribution in [3.05, 3.63) is 11.6 Å². The number of esters is 2. The molecule has 5 atom stereocenters. The summed E-state index contributed by atoms with van der Waals surface area (Å²) in [6.07, 6.45) is -1.75. The monoisotopic (exact) mass is 497 g/mol. The number of aromatic nitrogens is 4. The van der Waals surface area contributed by atoms with Crippen molar-refractivity contribution in [1.29, 1.82) is 0 Å². The number of carbonyl (C=O) groups excluding carboxylic acids is 3. The number of nitrogen functional groups attached to an aromatic ring is 1. The van der Waals surface area contributed by atoms with Crippen molar-refractivity contribution in [2.24, 2.45) is 5.41 Å². The number of ketones is 1. The molecule has 0 spiro atoms. The number of hydrogen-bond acceptors (Lipinski definition) is 11. The summed E-state index contributed by atoms with van der Waals surface area (Å²) in [6, 6.07) is 0. The van der Waals surface area contributed by atoms with Crippen LogP contribution in [0, 0.1) is 5.41 Å². The Labute approximate surface area is 201 Å². The lowest BCUT2D eigenvalue weighted by atomic mass is 9.78. The van der Waals surface area contributed by atoms with E-state index >= 15 is 0 Å². The second kappa shape index (κ2) is 10.2. The number of ether oxygens (including phenoxy) is 4. The van der Waals surface area contributed by atoms with Gasteiger partial charge in [-0.25, -0.2) is 9.78 Å². The van der Waals surface area contributed by atoms with Crippen LogP contribution in [-0.4, -0.2) is 68.8 Å². The van der Waals surface area contributed by atoms with E-state index in [0.717, 1.165) is 0 Å². The maximum Gasteiger partial charge on any atom is 0.343 e. The van der Waals surface area contributed by atoms with Gasteiger partial charge in [0.15, 0.2) is 29.6 Å².